The van der Waals surface area contributed by atoms with Crippen molar-refractivity contribution in [3.05, 3.63) is 41.2 Å². The molecule has 1 aromatic carbocycles. The highest BCUT2D eigenvalue weighted by atomic mass is 16.5. The summed E-state index contributed by atoms with van der Waals surface area (Å²) in [7, 11) is 5.14. The van der Waals surface area contributed by atoms with Crippen LogP contribution in [0.2, 0.25) is 0 Å². The summed E-state index contributed by atoms with van der Waals surface area (Å²) in [5.74, 6) is 1.46. The highest BCUT2D eigenvalue weighted by molar-refractivity contribution is 5.74. The van der Waals surface area contributed by atoms with E-state index in [1.165, 1.54) is 11.1 Å². The van der Waals surface area contributed by atoms with Crippen LogP contribution in [0.5, 0.6) is 11.5 Å². The maximum Gasteiger partial charge on any atom is 0.317 e. The Morgan fingerprint density at radius 1 is 1.16 bits per heavy atom. The Hall–Kier alpha value is -2.70. The number of aryl methyl sites for hydroxylation is 1. The van der Waals surface area contributed by atoms with Gasteiger partial charge in [0.25, 0.3) is 0 Å². The zero-order valence-corrected chi connectivity index (χ0v) is 14.9. The molecule has 3 rings (SSSR count). The number of rotatable bonds is 4. The van der Waals surface area contributed by atoms with Crippen LogP contribution in [-0.2, 0) is 26.4 Å². The Kier molecular flexibility index (Phi) is 5.11. The molecular formula is C18H24N4O3. The highest BCUT2D eigenvalue weighted by Gasteiger charge is 2.20. The van der Waals surface area contributed by atoms with Gasteiger partial charge in [0.1, 0.15) is 0 Å². The van der Waals surface area contributed by atoms with Crippen molar-refractivity contribution in [2.45, 2.75) is 19.4 Å². The molecule has 0 atom stereocenters. The predicted octanol–water partition coefficient (Wildman–Crippen LogP) is 1.75. The first-order valence-electron chi connectivity index (χ1n) is 8.35. The van der Waals surface area contributed by atoms with Gasteiger partial charge in [0.15, 0.2) is 11.5 Å². The molecule has 2 aromatic rings. The van der Waals surface area contributed by atoms with Crippen LogP contribution >= 0.6 is 0 Å². The van der Waals surface area contributed by atoms with Gasteiger partial charge in [-0.3, -0.25) is 4.68 Å². The number of fused-ring (bicyclic) bond motifs is 1. The number of hydrogen-bond acceptors (Lipinski definition) is 4. The maximum atomic E-state index is 12.5. The zero-order valence-electron chi connectivity index (χ0n) is 14.9. The summed E-state index contributed by atoms with van der Waals surface area (Å²) >= 11 is 0. The second-order valence-electron chi connectivity index (χ2n) is 6.10. The lowest BCUT2D eigenvalue weighted by Gasteiger charge is -2.20. The van der Waals surface area contributed by atoms with Gasteiger partial charge in [-0.05, 0) is 42.2 Å². The second-order valence-corrected chi connectivity index (χ2v) is 6.10. The van der Waals surface area contributed by atoms with Crippen molar-refractivity contribution < 1.29 is 14.3 Å². The van der Waals surface area contributed by atoms with Crippen molar-refractivity contribution in [2.75, 3.05) is 27.3 Å². The minimum atomic E-state index is -0.0580. The van der Waals surface area contributed by atoms with Crippen LogP contribution in [0, 0.1) is 0 Å². The summed E-state index contributed by atoms with van der Waals surface area (Å²) in [6.45, 7) is 1.79. The van der Waals surface area contributed by atoms with Crippen molar-refractivity contribution in [3.8, 4) is 11.5 Å². The molecule has 0 unspecified atom stereocenters. The number of carbonyl (C=O) groups is 1. The molecule has 1 aliphatic heterocycles. The van der Waals surface area contributed by atoms with E-state index in [-0.39, 0.29) is 6.03 Å². The van der Waals surface area contributed by atoms with Crippen LogP contribution in [0.1, 0.15) is 16.8 Å². The van der Waals surface area contributed by atoms with Crippen molar-refractivity contribution in [2.24, 2.45) is 7.05 Å². The molecule has 0 fully saturated rings. The Morgan fingerprint density at radius 3 is 2.24 bits per heavy atom. The Morgan fingerprint density at radius 2 is 1.76 bits per heavy atom. The van der Waals surface area contributed by atoms with Crippen LogP contribution in [0.15, 0.2) is 24.4 Å². The molecule has 2 heterocycles. The van der Waals surface area contributed by atoms with Crippen molar-refractivity contribution in [1.29, 1.82) is 0 Å². The average molecular weight is 344 g/mol. The number of benzene rings is 1. The molecule has 25 heavy (non-hydrogen) atoms. The van der Waals surface area contributed by atoms with E-state index >= 15 is 0 Å². The number of hydrogen-bond donors (Lipinski definition) is 1. The molecule has 1 aromatic heterocycles. The SMILES string of the molecule is COc1cc2c(cc1OC)CCN(C(=O)NCc1ccn(C)n1)CC2. The van der Waals surface area contributed by atoms with Crippen LogP contribution < -0.4 is 14.8 Å². The molecule has 7 heteroatoms. The maximum absolute atomic E-state index is 12.5. The van der Waals surface area contributed by atoms with Gasteiger partial charge in [-0.15, -0.1) is 0 Å². The van der Waals surface area contributed by atoms with Gasteiger partial charge in [0.2, 0.25) is 0 Å². The van der Waals surface area contributed by atoms with E-state index in [9.17, 15) is 4.79 Å². The Balaban J connectivity index is 1.64. The minimum absolute atomic E-state index is 0.0580. The fraction of sp³-hybridized carbons (Fsp3) is 0.444. The number of nitrogens with one attached hydrogen (secondary N) is 1. The Bertz CT molecular complexity index is 722. The van der Waals surface area contributed by atoms with E-state index < -0.39 is 0 Å². The summed E-state index contributed by atoms with van der Waals surface area (Å²) in [4.78, 5) is 14.3. The number of carbonyl (C=O) groups excluding carboxylic acids is 1. The van der Waals surface area contributed by atoms with Gasteiger partial charge < -0.3 is 19.7 Å². The fourth-order valence-electron chi connectivity index (χ4n) is 3.09. The normalized spacial score (nSPS) is 13.8. The van der Waals surface area contributed by atoms with Gasteiger partial charge in [0, 0.05) is 26.3 Å². The summed E-state index contributed by atoms with van der Waals surface area (Å²) in [6, 6.07) is 5.88. The lowest BCUT2D eigenvalue weighted by molar-refractivity contribution is 0.199. The first-order valence-corrected chi connectivity index (χ1v) is 8.35. The number of nitrogens with zero attached hydrogens (tertiary/aromatic N) is 3. The third-order valence-corrected chi connectivity index (χ3v) is 4.48. The third-order valence-electron chi connectivity index (χ3n) is 4.48. The summed E-state index contributed by atoms with van der Waals surface area (Å²) < 4.78 is 12.5. The van der Waals surface area contributed by atoms with Gasteiger partial charge in [0.05, 0.1) is 26.5 Å². The Labute approximate surface area is 147 Å². The molecule has 0 spiro atoms. The molecule has 134 valence electrons. The molecule has 1 N–H and O–H groups in total. The average Bonchev–Trinajstić information content (AvgIpc) is 2.93. The smallest absolute Gasteiger partial charge is 0.317 e. The number of urea groups is 1. The first-order chi connectivity index (χ1) is 12.1. The van der Waals surface area contributed by atoms with E-state index in [2.05, 4.69) is 10.4 Å². The van der Waals surface area contributed by atoms with Gasteiger partial charge in [-0.25, -0.2) is 4.79 Å². The van der Waals surface area contributed by atoms with E-state index in [0.29, 0.717) is 19.6 Å². The number of amides is 2. The second kappa shape index (κ2) is 7.46. The molecule has 1 aliphatic rings. The van der Waals surface area contributed by atoms with Crippen LogP contribution in [-0.4, -0.2) is 48.0 Å². The van der Waals surface area contributed by atoms with Crippen molar-refractivity contribution >= 4 is 6.03 Å². The standard InChI is InChI=1S/C18H24N4O3/c1-21-7-6-15(20-21)12-19-18(23)22-8-4-13-10-16(24-2)17(25-3)11-14(13)5-9-22/h6-7,10-11H,4-5,8-9,12H2,1-3H3,(H,19,23). The molecule has 0 aliphatic carbocycles. The largest absolute Gasteiger partial charge is 0.493 e. The molecule has 2 amide bonds. The van der Waals surface area contributed by atoms with Gasteiger partial charge in [-0.1, -0.05) is 0 Å². The number of ether oxygens (including phenoxy) is 2. The molecule has 7 nitrogen and oxygen atoms in total. The van der Waals surface area contributed by atoms with Crippen LogP contribution in [0.3, 0.4) is 0 Å². The van der Waals surface area contributed by atoms with E-state index in [1.807, 2.05) is 36.3 Å². The topological polar surface area (TPSA) is 68.6 Å². The molecule has 0 radical (unpaired) electrons. The molecule has 0 bridgehead atoms. The number of aromatic nitrogens is 2. The molecule has 0 saturated carbocycles. The summed E-state index contributed by atoms with van der Waals surface area (Å²) in [5, 5.41) is 7.22. The lowest BCUT2D eigenvalue weighted by Crippen LogP contribution is -2.41. The third kappa shape index (κ3) is 3.87. The zero-order chi connectivity index (χ0) is 17.8. The minimum Gasteiger partial charge on any atom is -0.493 e. The summed E-state index contributed by atoms with van der Waals surface area (Å²) in [5.41, 5.74) is 3.26. The van der Waals surface area contributed by atoms with Crippen molar-refractivity contribution in [1.82, 2.24) is 20.0 Å². The van der Waals surface area contributed by atoms with Crippen molar-refractivity contribution in [3.63, 3.8) is 0 Å². The van der Waals surface area contributed by atoms with Crippen LogP contribution in [0.25, 0.3) is 0 Å². The molecular weight excluding hydrogens is 320 g/mol. The van der Waals surface area contributed by atoms with E-state index in [0.717, 1.165) is 30.0 Å². The van der Waals surface area contributed by atoms with Crippen LogP contribution in [0.4, 0.5) is 4.79 Å². The lowest BCUT2D eigenvalue weighted by atomic mass is 10.0. The first kappa shape index (κ1) is 17.1. The number of methoxy groups -OCH3 is 2. The fourth-order valence-corrected chi connectivity index (χ4v) is 3.09. The van der Waals surface area contributed by atoms with E-state index in [4.69, 9.17) is 9.47 Å². The summed E-state index contributed by atoms with van der Waals surface area (Å²) in [6.07, 6.45) is 3.46. The predicted molar refractivity (Wildman–Crippen MR) is 94.0 cm³/mol. The molecule has 0 saturated heterocycles. The van der Waals surface area contributed by atoms with E-state index in [1.54, 1.807) is 18.9 Å². The quantitative estimate of drug-likeness (QED) is 0.917. The highest BCUT2D eigenvalue weighted by Crippen LogP contribution is 2.32. The van der Waals surface area contributed by atoms with Gasteiger partial charge in [-0.2, -0.15) is 5.10 Å². The van der Waals surface area contributed by atoms with Gasteiger partial charge >= 0.3 is 6.03 Å². The monoisotopic (exact) mass is 344 g/mol.